The summed E-state index contributed by atoms with van der Waals surface area (Å²) in [6, 6.07) is 8.12. The van der Waals surface area contributed by atoms with Crippen LogP contribution in [0.3, 0.4) is 0 Å². The average Bonchev–Trinajstić information content (AvgIpc) is 3.02. The molecule has 3 rings (SSSR count). The molecule has 0 aromatic heterocycles. The molecule has 0 saturated carbocycles. The predicted octanol–water partition coefficient (Wildman–Crippen LogP) is 6.31. The summed E-state index contributed by atoms with van der Waals surface area (Å²) in [5.41, 5.74) is 4.67. The lowest BCUT2D eigenvalue weighted by atomic mass is 9.79. The zero-order valence-electron chi connectivity index (χ0n) is 16.7. The van der Waals surface area contributed by atoms with Gasteiger partial charge in [0.2, 0.25) is 0 Å². The third-order valence-corrected chi connectivity index (χ3v) is 5.69. The van der Waals surface area contributed by atoms with E-state index < -0.39 is 0 Å². The van der Waals surface area contributed by atoms with Crippen LogP contribution in [0.2, 0.25) is 0 Å². The van der Waals surface area contributed by atoms with Gasteiger partial charge >= 0.3 is 0 Å². The number of benzene rings is 1. The molecule has 1 aromatic carbocycles. The lowest BCUT2D eigenvalue weighted by molar-refractivity contribution is -0.116. The van der Waals surface area contributed by atoms with Gasteiger partial charge in [0, 0.05) is 17.9 Å². The molecule has 0 saturated heterocycles. The molecule has 2 heteroatoms. The second-order valence-electron chi connectivity index (χ2n) is 7.53. The summed E-state index contributed by atoms with van der Waals surface area (Å²) < 4.78 is 5.28. The van der Waals surface area contributed by atoms with Gasteiger partial charge in [-0.15, -0.1) is 0 Å². The number of ketones is 1. The first-order chi connectivity index (χ1) is 13.1. The molecule has 0 heterocycles. The van der Waals surface area contributed by atoms with Gasteiger partial charge in [0.15, 0.2) is 5.78 Å². The Hall–Kier alpha value is -2.35. The molecule has 27 heavy (non-hydrogen) atoms. The van der Waals surface area contributed by atoms with Gasteiger partial charge in [-0.05, 0) is 61.4 Å². The number of carbonyl (C=O) groups excluding carboxylic acids is 1. The fourth-order valence-corrected chi connectivity index (χ4v) is 4.04. The molecule has 2 unspecified atom stereocenters. The third-order valence-electron chi connectivity index (χ3n) is 5.69. The minimum Gasteiger partial charge on any atom is -0.497 e. The molecule has 0 amide bonds. The van der Waals surface area contributed by atoms with Crippen LogP contribution < -0.4 is 4.74 Å². The number of carbonyl (C=O) groups is 1. The Morgan fingerprint density at radius 1 is 1.22 bits per heavy atom. The Bertz CT molecular complexity index is 790. The van der Waals surface area contributed by atoms with E-state index >= 15 is 0 Å². The monoisotopic (exact) mass is 362 g/mol. The normalized spacial score (nSPS) is 22.0. The van der Waals surface area contributed by atoms with Crippen LogP contribution in [0.1, 0.15) is 51.5 Å². The molecule has 1 aromatic rings. The van der Waals surface area contributed by atoms with Crippen molar-refractivity contribution in [3.8, 4) is 5.75 Å². The lowest BCUT2D eigenvalue weighted by Crippen LogP contribution is -2.19. The molecule has 2 aliphatic rings. The van der Waals surface area contributed by atoms with Gasteiger partial charge < -0.3 is 4.74 Å². The maximum atomic E-state index is 13.0. The van der Waals surface area contributed by atoms with E-state index in [0.717, 1.165) is 48.1 Å². The van der Waals surface area contributed by atoms with Crippen LogP contribution in [0.25, 0.3) is 5.57 Å². The quantitative estimate of drug-likeness (QED) is 0.568. The Morgan fingerprint density at radius 3 is 2.70 bits per heavy atom. The van der Waals surface area contributed by atoms with Crippen molar-refractivity contribution >= 4 is 11.4 Å². The number of ether oxygens (including phenoxy) is 1. The highest BCUT2D eigenvalue weighted by Gasteiger charge is 2.32. The van der Waals surface area contributed by atoms with Gasteiger partial charge in [-0.1, -0.05) is 55.4 Å². The molecule has 0 spiro atoms. The van der Waals surface area contributed by atoms with Gasteiger partial charge in [-0.25, -0.2) is 0 Å². The highest BCUT2D eigenvalue weighted by atomic mass is 16.5. The number of hydrogen-bond donors (Lipinski definition) is 0. The van der Waals surface area contributed by atoms with E-state index in [1.54, 1.807) is 7.11 Å². The smallest absolute Gasteiger partial charge is 0.159 e. The first-order valence-electron chi connectivity index (χ1n) is 10.1. The van der Waals surface area contributed by atoms with Crippen LogP contribution >= 0.6 is 0 Å². The highest BCUT2D eigenvalue weighted by Crippen LogP contribution is 2.41. The van der Waals surface area contributed by atoms with Crippen LogP contribution in [0, 0.1) is 11.8 Å². The zero-order valence-corrected chi connectivity index (χ0v) is 16.7. The lowest BCUT2D eigenvalue weighted by Gasteiger charge is -2.24. The van der Waals surface area contributed by atoms with Crippen molar-refractivity contribution in [2.75, 3.05) is 7.11 Å². The van der Waals surface area contributed by atoms with E-state index in [2.05, 4.69) is 56.4 Å². The highest BCUT2D eigenvalue weighted by molar-refractivity contribution is 6.01. The maximum Gasteiger partial charge on any atom is 0.159 e. The van der Waals surface area contributed by atoms with E-state index in [1.807, 2.05) is 12.1 Å². The third kappa shape index (κ3) is 4.50. The molecule has 2 aliphatic carbocycles. The molecule has 142 valence electrons. The SMILES string of the molecule is CCCCC(=O)C1=CC(c2ccc(OC)cc2)=CC1C1CCC=CC=C1C. The van der Waals surface area contributed by atoms with E-state index in [-0.39, 0.29) is 5.92 Å². The van der Waals surface area contributed by atoms with Gasteiger partial charge in [-0.2, -0.15) is 0 Å². The number of hydrogen-bond acceptors (Lipinski definition) is 2. The van der Waals surface area contributed by atoms with E-state index in [1.165, 1.54) is 5.57 Å². The Balaban J connectivity index is 1.93. The molecule has 2 atom stereocenters. The van der Waals surface area contributed by atoms with Gasteiger partial charge in [-0.3, -0.25) is 4.79 Å². The van der Waals surface area contributed by atoms with E-state index in [9.17, 15) is 4.79 Å². The molecule has 0 fully saturated rings. The summed E-state index contributed by atoms with van der Waals surface area (Å²) >= 11 is 0. The summed E-state index contributed by atoms with van der Waals surface area (Å²) in [5.74, 6) is 1.74. The van der Waals surface area contributed by atoms with Gasteiger partial charge in [0.05, 0.1) is 7.11 Å². The van der Waals surface area contributed by atoms with Crippen LogP contribution in [-0.4, -0.2) is 12.9 Å². The molecule has 0 aliphatic heterocycles. The standard InChI is InChI=1S/C25H30O2/c1-4-5-11-25(26)24-17-20(19-12-14-21(27-3)15-13-19)16-23(24)22-10-8-6-7-9-18(22)2/h6-7,9,12-17,22-23H,4-5,8,10-11H2,1-3H3. The number of allylic oxidation sites excluding steroid dienone is 8. The van der Waals surface area contributed by atoms with Crippen molar-refractivity contribution in [3.05, 3.63) is 71.4 Å². The van der Waals surface area contributed by atoms with Crippen LogP contribution in [0.5, 0.6) is 5.75 Å². The van der Waals surface area contributed by atoms with Crippen molar-refractivity contribution < 1.29 is 9.53 Å². The first-order valence-corrected chi connectivity index (χ1v) is 10.1. The molecule has 0 N–H and O–H groups in total. The summed E-state index contributed by atoms with van der Waals surface area (Å²) in [4.78, 5) is 13.0. The second-order valence-corrected chi connectivity index (χ2v) is 7.53. The van der Waals surface area contributed by atoms with Crippen molar-refractivity contribution in [1.29, 1.82) is 0 Å². The summed E-state index contributed by atoms with van der Waals surface area (Å²) in [6.07, 6.45) is 15.9. The second kappa shape index (κ2) is 9.03. The van der Waals surface area contributed by atoms with E-state index in [4.69, 9.17) is 4.74 Å². The molecular weight excluding hydrogens is 332 g/mol. The fraction of sp³-hybridized carbons (Fsp3) is 0.400. The zero-order chi connectivity index (χ0) is 19.2. The molecule has 0 bridgehead atoms. The van der Waals surface area contributed by atoms with Crippen LogP contribution in [0.4, 0.5) is 0 Å². The number of methoxy groups -OCH3 is 1. The topological polar surface area (TPSA) is 26.3 Å². The largest absolute Gasteiger partial charge is 0.497 e. The first kappa shape index (κ1) is 19.4. The fourth-order valence-electron chi connectivity index (χ4n) is 4.04. The minimum atomic E-state index is 0.183. The number of rotatable bonds is 7. The van der Waals surface area contributed by atoms with Gasteiger partial charge in [0.1, 0.15) is 5.75 Å². The summed E-state index contributed by atoms with van der Waals surface area (Å²) in [7, 11) is 1.68. The van der Waals surface area contributed by atoms with Crippen molar-refractivity contribution in [2.45, 2.75) is 46.0 Å². The van der Waals surface area contributed by atoms with E-state index in [0.29, 0.717) is 18.1 Å². The maximum absolute atomic E-state index is 13.0. The average molecular weight is 363 g/mol. The van der Waals surface area contributed by atoms with Crippen molar-refractivity contribution in [1.82, 2.24) is 0 Å². The number of unbranched alkanes of at least 4 members (excludes halogenated alkanes) is 1. The molecular formula is C25H30O2. The predicted molar refractivity (Wildman–Crippen MR) is 113 cm³/mol. The Labute approximate surface area is 163 Å². The Morgan fingerprint density at radius 2 is 2.00 bits per heavy atom. The summed E-state index contributed by atoms with van der Waals surface area (Å²) in [6.45, 7) is 4.34. The van der Waals surface area contributed by atoms with Crippen molar-refractivity contribution in [2.24, 2.45) is 11.8 Å². The molecule has 2 nitrogen and oxygen atoms in total. The van der Waals surface area contributed by atoms with Crippen molar-refractivity contribution in [3.63, 3.8) is 0 Å². The number of Topliss-reactive ketones (excluding diaryl/α,β-unsaturated/α-hetero) is 1. The Kier molecular flexibility index (Phi) is 6.49. The van der Waals surface area contributed by atoms with Crippen LogP contribution in [-0.2, 0) is 4.79 Å². The van der Waals surface area contributed by atoms with Crippen LogP contribution in [0.15, 0.2) is 65.8 Å². The summed E-state index contributed by atoms with van der Waals surface area (Å²) in [5, 5.41) is 0. The minimum absolute atomic E-state index is 0.183. The van der Waals surface area contributed by atoms with Gasteiger partial charge in [0.25, 0.3) is 0 Å². The molecule has 0 radical (unpaired) electrons.